The van der Waals surface area contributed by atoms with Gasteiger partial charge in [0.25, 0.3) is 5.91 Å². The van der Waals surface area contributed by atoms with Gasteiger partial charge in [0.15, 0.2) is 6.61 Å². The molecule has 0 aliphatic heterocycles. The maximum atomic E-state index is 11.1. The molecule has 1 aromatic carbocycles. The lowest BCUT2D eigenvalue weighted by Crippen LogP contribution is -2.32. The van der Waals surface area contributed by atoms with Crippen molar-refractivity contribution in [3.05, 3.63) is 35.9 Å². The normalized spacial score (nSPS) is 11.7. The van der Waals surface area contributed by atoms with E-state index in [-0.39, 0.29) is 12.8 Å². The van der Waals surface area contributed by atoms with E-state index >= 15 is 0 Å². The van der Waals surface area contributed by atoms with E-state index < -0.39 is 18.6 Å². The van der Waals surface area contributed by atoms with Crippen LogP contribution in [-0.4, -0.2) is 31.9 Å². The molecule has 110 valence electrons. The second kappa shape index (κ2) is 8.89. The van der Waals surface area contributed by atoms with Crippen LogP contribution in [0.1, 0.15) is 18.0 Å². The molecule has 20 heavy (non-hydrogen) atoms. The zero-order valence-electron chi connectivity index (χ0n) is 11.1. The summed E-state index contributed by atoms with van der Waals surface area (Å²) >= 11 is 0. The number of rotatable bonds is 8. The Morgan fingerprint density at radius 3 is 2.60 bits per heavy atom. The van der Waals surface area contributed by atoms with Gasteiger partial charge in [-0.1, -0.05) is 30.3 Å². The van der Waals surface area contributed by atoms with Crippen molar-refractivity contribution in [2.75, 3.05) is 19.9 Å². The summed E-state index contributed by atoms with van der Waals surface area (Å²) in [4.78, 5) is 21.4. The van der Waals surface area contributed by atoms with Crippen LogP contribution in [0.2, 0.25) is 0 Å². The third-order valence-corrected chi connectivity index (χ3v) is 2.52. The summed E-state index contributed by atoms with van der Waals surface area (Å²) in [6.07, 6.45) is -0.354. The minimum Gasteiger partial charge on any atom is -0.440 e. The zero-order chi connectivity index (χ0) is 14.8. The molecule has 0 unspecified atom stereocenters. The summed E-state index contributed by atoms with van der Waals surface area (Å²) in [5.41, 5.74) is 11.7. The van der Waals surface area contributed by atoms with Crippen molar-refractivity contribution in [1.29, 1.82) is 0 Å². The van der Waals surface area contributed by atoms with Gasteiger partial charge in [0.1, 0.15) is 6.73 Å². The first-order valence-electron chi connectivity index (χ1n) is 6.17. The molecule has 1 aromatic rings. The molecule has 0 aliphatic carbocycles. The molecule has 2 amide bonds. The smallest absolute Gasteiger partial charge is 0.405 e. The third kappa shape index (κ3) is 6.72. The number of carbonyl (C=O) groups excluding carboxylic acids is 2. The number of amides is 2. The van der Waals surface area contributed by atoms with Gasteiger partial charge in [-0.15, -0.1) is 0 Å². The summed E-state index contributed by atoms with van der Waals surface area (Å²) in [5, 5.41) is 2.42. The van der Waals surface area contributed by atoms with Gasteiger partial charge in [-0.25, -0.2) is 4.79 Å². The second-order valence-corrected chi connectivity index (χ2v) is 4.07. The quantitative estimate of drug-likeness (QED) is 0.467. The zero-order valence-corrected chi connectivity index (χ0v) is 11.1. The van der Waals surface area contributed by atoms with E-state index in [0.717, 1.165) is 5.56 Å². The SMILES string of the molecule is NC(=O)OCC(=O)NCOCC[C@@H](N)c1ccccc1. The van der Waals surface area contributed by atoms with Crippen LogP contribution in [0.4, 0.5) is 4.79 Å². The van der Waals surface area contributed by atoms with Crippen LogP contribution in [0.3, 0.4) is 0 Å². The lowest BCUT2D eigenvalue weighted by atomic mass is 10.1. The van der Waals surface area contributed by atoms with Crippen LogP contribution in [0.25, 0.3) is 0 Å². The highest BCUT2D eigenvalue weighted by Crippen LogP contribution is 2.12. The molecular formula is C13H19N3O4. The van der Waals surface area contributed by atoms with Gasteiger partial charge in [-0.2, -0.15) is 0 Å². The van der Waals surface area contributed by atoms with Gasteiger partial charge in [-0.05, 0) is 12.0 Å². The van der Waals surface area contributed by atoms with Gasteiger partial charge in [0.05, 0.1) is 6.61 Å². The van der Waals surface area contributed by atoms with E-state index in [1.54, 1.807) is 0 Å². The summed E-state index contributed by atoms with van der Waals surface area (Å²) < 4.78 is 9.53. The molecule has 7 heteroatoms. The highest BCUT2D eigenvalue weighted by molar-refractivity contribution is 5.79. The van der Waals surface area contributed by atoms with E-state index in [1.165, 1.54) is 0 Å². The van der Waals surface area contributed by atoms with E-state index in [0.29, 0.717) is 13.0 Å². The molecule has 1 rings (SSSR count). The highest BCUT2D eigenvalue weighted by atomic mass is 16.5. The van der Waals surface area contributed by atoms with Crippen molar-refractivity contribution in [3.63, 3.8) is 0 Å². The second-order valence-electron chi connectivity index (χ2n) is 4.07. The molecule has 0 aromatic heterocycles. The van der Waals surface area contributed by atoms with Gasteiger partial charge in [-0.3, -0.25) is 4.79 Å². The standard InChI is InChI=1S/C13H19N3O4/c14-11(10-4-2-1-3-5-10)6-7-19-9-16-12(17)8-20-13(15)18/h1-5,11H,6-9,14H2,(H2,15,18)(H,16,17)/t11-/m1/s1. The molecule has 5 N–H and O–H groups in total. The highest BCUT2D eigenvalue weighted by Gasteiger charge is 2.06. The first kappa shape index (κ1) is 15.9. The van der Waals surface area contributed by atoms with Crippen LogP contribution in [0.15, 0.2) is 30.3 Å². The lowest BCUT2D eigenvalue weighted by molar-refractivity contribution is -0.125. The Balaban J connectivity index is 2.07. The lowest BCUT2D eigenvalue weighted by Gasteiger charge is -2.12. The number of hydrogen-bond acceptors (Lipinski definition) is 5. The van der Waals surface area contributed by atoms with Crippen molar-refractivity contribution < 1.29 is 19.1 Å². The van der Waals surface area contributed by atoms with Gasteiger partial charge < -0.3 is 26.3 Å². The first-order valence-corrected chi connectivity index (χ1v) is 6.17. The van der Waals surface area contributed by atoms with Crippen molar-refractivity contribution in [2.24, 2.45) is 11.5 Å². The Morgan fingerprint density at radius 2 is 1.95 bits per heavy atom. The van der Waals surface area contributed by atoms with Gasteiger partial charge in [0.2, 0.25) is 0 Å². The fourth-order valence-electron chi connectivity index (χ4n) is 1.47. The predicted molar refractivity (Wildman–Crippen MR) is 72.5 cm³/mol. The number of benzene rings is 1. The molecule has 0 saturated heterocycles. The minimum absolute atomic E-state index is 0.0302. The van der Waals surface area contributed by atoms with Crippen LogP contribution >= 0.6 is 0 Å². The summed E-state index contributed by atoms with van der Waals surface area (Å²) in [7, 11) is 0. The molecule has 1 atom stereocenters. The topological polar surface area (TPSA) is 117 Å². The largest absolute Gasteiger partial charge is 0.440 e. The molecule has 0 spiro atoms. The molecule has 0 aliphatic rings. The Hall–Kier alpha value is -2.12. The number of hydrogen-bond donors (Lipinski definition) is 3. The van der Waals surface area contributed by atoms with Crippen molar-refractivity contribution in [3.8, 4) is 0 Å². The Bertz CT molecular complexity index is 425. The average molecular weight is 281 g/mol. The van der Waals surface area contributed by atoms with Crippen LogP contribution in [0, 0.1) is 0 Å². The fourth-order valence-corrected chi connectivity index (χ4v) is 1.47. The van der Waals surface area contributed by atoms with Gasteiger partial charge in [0, 0.05) is 6.04 Å². The van der Waals surface area contributed by atoms with Crippen LogP contribution in [-0.2, 0) is 14.3 Å². The maximum absolute atomic E-state index is 11.1. The number of nitrogens with two attached hydrogens (primary N) is 2. The van der Waals surface area contributed by atoms with Crippen molar-refractivity contribution >= 4 is 12.0 Å². The summed E-state index contributed by atoms with van der Waals surface area (Å²) in [6.45, 7) is 0.0255. The summed E-state index contributed by atoms with van der Waals surface area (Å²) in [6, 6.07) is 9.58. The van der Waals surface area contributed by atoms with Crippen LogP contribution < -0.4 is 16.8 Å². The molecule has 0 fully saturated rings. The van der Waals surface area contributed by atoms with Crippen molar-refractivity contribution in [1.82, 2.24) is 5.32 Å². The molecule has 0 radical (unpaired) electrons. The third-order valence-electron chi connectivity index (χ3n) is 2.52. The predicted octanol–water partition coefficient (Wildman–Crippen LogP) is 0.262. The van der Waals surface area contributed by atoms with Crippen molar-refractivity contribution in [2.45, 2.75) is 12.5 Å². The Kier molecular flexibility index (Phi) is 7.08. The monoisotopic (exact) mass is 281 g/mol. The van der Waals surface area contributed by atoms with E-state index in [9.17, 15) is 9.59 Å². The number of ether oxygens (including phenoxy) is 2. The fraction of sp³-hybridized carbons (Fsp3) is 0.385. The maximum Gasteiger partial charge on any atom is 0.405 e. The van der Waals surface area contributed by atoms with Gasteiger partial charge >= 0.3 is 6.09 Å². The van der Waals surface area contributed by atoms with E-state index in [4.69, 9.17) is 16.2 Å². The summed E-state index contributed by atoms with van der Waals surface area (Å²) in [5.74, 6) is -0.476. The first-order chi connectivity index (χ1) is 9.59. The Labute approximate surface area is 117 Å². The molecule has 0 saturated carbocycles. The number of nitrogens with one attached hydrogen (secondary N) is 1. The molecule has 7 nitrogen and oxygen atoms in total. The molecule has 0 heterocycles. The Morgan fingerprint density at radius 1 is 1.25 bits per heavy atom. The average Bonchev–Trinajstić information content (AvgIpc) is 2.45. The van der Waals surface area contributed by atoms with E-state index in [2.05, 4.69) is 10.1 Å². The van der Waals surface area contributed by atoms with Crippen LogP contribution in [0.5, 0.6) is 0 Å². The molecular weight excluding hydrogens is 262 g/mol. The number of primary amides is 1. The number of carbonyl (C=O) groups is 2. The minimum atomic E-state index is -0.991. The molecule has 0 bridgehead atoms. The van der Waals surface area contributed by atoms with E-state index in [1.807, 2.05) is 30.3 Å².